The number of nitrogens with one attached hydrogen (secondary N) is 1. The molecule has 1 unspecified atom stereocenters. The molecule has 1 aromatic rings. The molecule has 0 fully saturated rings. The van der Waals surface area contributed by atoms with E-state index in [2.05, 4.69) is 5.32 Å². The highest BCUT2D eigenvalue weighted by Crippen LogP contribution is 2.25. The van der Waals surface area contributed by atoms with Gasteiger partial charge in [-0.15, -0.1) is 0 Å². The third-order valence-corrected chi connectivity index (χ3v) is 2.81. The summed E-state index contributed by atoms with van der Waals surface area (Å²) in [7, 11) is 1.55. The third kappa shape index (κ3) is 4.47. The first-order valence-corrected chi connectivity index (χ1v) is 5.95. The number of aryl methyl sites for hydroxylation is 1. The number of hydrogen-bond donors (Lipinski definition) is 1. The van der Waals surface area contributed by atoms with Crippen molar-refractivity contribution in [1.82, 2.24) is 5.32 Å². The maximum absolute atomic E-state index is 13.9. The number of ether oxygens (including phenoxy) is 1. The fourth-order valence-electron chi connectivity index (χ4n) is 1.80. The van der Waals surface area contributed by atoms with Crippen LogP contribution >= 0.6 is 0 Å². The number of halogens is 4. The van der Waals surface area contributed by atoms with E-state index in [1.807, 2.05) is 0 Å². The van der Waals surface area contributed by atoms with Crippen LogP contribution < -0.4 is 5.32 Å². The second kappa shape index (κ2) is 7.45. The average Bonchev–Trinajstić information content (AvgIpc) is 2.36. The lowest BCUT2D eigenvalue weighted by molar-refractivity contribution is 0.0144. The topological polar surface area (TPSA) is 21.3 Å². The van der Waals surface area contributed by atoms with Crippen molar-refractivity contribution in [3.63, 3.8) is 0 Å². The second-order valence-corrected chi connectivity index (χ2v) is 4.19. The smallest absolute Gasteiger partial charge is 0.261 e. The van der Waals surface area contributed by atoms with Gasteiger partial charge in [-0.25, -0.2) is 17.6 Å². The molecule has 0 saturated heterocycles. The molecule has 0 amide bonds. The minimum absolute atomic E-state index is 0.00265. The molecule has 0 spiro atoms. The standard InChI is InChI=1S/C13H17F4NO/c1-8-3-4-9(14)12(13(8)17)10(18-2)5-6-19-7-11(15)16/h3-4,10-11,18H,5-7H2,1-2H3. The molecule has 0 aliphatic carbocycles. The minimum atomic E-state index is -2.54. The molecule has 0 aromatic heterocycles. The average molecular weight is 279 g/mol. The molecule has 0 bridgehead atoms. The fourth-order valence-corrected chi connectivity index (χ4v) is 1.80. The van der Waals surface area contributed by atoms with Crippen LogP contribution in [0.1, 0.15) is 23.6 Å². The van der Waals surface area contributed by atoms with Crippen LogP contribution in [-0.4, -0.2) is 26.7 Å². The van der Waals surface area contributed by atoms with Gasteiger partial charge in [0.1, 0.15) is 18.2 Å². The molecule has 0 saturated carbocycles. The van der Waals surface area contributed by atoms with E-state index in [-0.39, 0.29) is 18.6 Å². The van der Waals surface area contributed by atoms with Crippen molar-refractivity contribution in [2.75, 3.05) is 20.3 Å². The Labute approximate surface area is 109 Å². The Morgan fingerprint density at radius 3 is 2.53 bits per heavy atom. The van der Waals surface area contributed by atoms with E-state index in [1.165, 1.54) is 19.1 Å². The quantitative estimate of drug-likeness (QED) is 0.611. The molecule has 19 heavy (non-hydrogen) atoms. The molecular weight excluding hydrogens is 262 g/mol. The lowest BCUT2D eigenvalue weighted by Gasteiger charge is -2.19. The first kappa shape index (κ1) is 15.9. The van der Waals surface area contributed by atoms with E-state index in [0.717, 1.165) is 0 Å². The Balaban J connectivity index is 2.72. The number of rotatable bonds is 7. The van der Waals surface area contributed by atoms with E-state index in [4.69, 9.17) is 4.74 Å². The third-order valence-electron chi connectivity index (χ3n) is 2.81. The Morgan fingerprint density at radius 2 is 1.95 bits per heavy atom. The fraction of sp³-hybridized carbons (Fsp3) is 0.538. The van der Waals surface area contributed by atoms with Gasteiger partial charge in [0.2, 0.25) is 0 Å². The number of benzene rings is 1. The molecule has 108 valence electrons. The molecule has 0 heterocycles. The number of hydrogen-bond acceptors (Lipinski definition) is 2. The number of alkyl halides is 2. The summed E-state index contributed by atoms with van der Waals surface area (Å²) in [4.78, 5) is 0. The van der Waals surface area contributed by atoms with Crippen molar-refractivity contribution < 1.29 is 22.3 Å². The molecule has 1 rings (SSSR count). The molecule has 1 aromatic carbocycles. The minimum Gasteiger partial charge on any atom is -0.375 e. The van der Waals surface area contributed by atoms with Gasteiger partial charge in [0.15, 0.2) is 0 Å². The Bertz CT molecular complexity index is 412. The second-order valence-electron chi connectivity index (χ2n) is 4.19. The highest BCUT2D eigenvalue weighted by Gasteiger charge is 2.20. The van der Waals surface area contributed by atoms with E-state index >= 15 is 0 Å². The van der Waals surface area contributed by atoms with Crippen molar-refractivity contribution in [2.24, 2.45) is 0 Å². The zero-order chi connectivity index (χ0) is 14.4. The van der Waals surface area contributed by atoms with Gasteiger partial charge >= 0.3 is 0 Å². The summed E-state index contributed by atoms with van der Waals surface area (Å²) in [6.45, 7) is 0.871. The van der Waals surface area contributed by atoms with Crippen molar-refractivity contribution in [1.29, 1.82) is 0 Å². The van der Waals surface area contributed by atoms with E-state index in [0.29, 0.717) is 5.56 Å². The van der Waals surface area contributed by atoms with Crippen LogP contribution in [0.15, 0.2) is 12.1 Å². The van der Waals surface area contributed by atoms with E-state index in [1.54, 1.807) is 7.05 Å². The molecule has 0 radical (unpaired) electrons. The summed E-state index contributed by atoms with van der Waals surface area (Å²) in [6.07, 6.45) is -2.33. The molecule has 1 atom stereocenters. The van der Waals surface area contributed by atoms with Gasteiger partial charge in [-0.05, 0) is 32.0 Å². The summed E-state index contributed by atoms with van der Waals surface area (Å²) < 4.78 is 56.1. The van der Waals surface area contributed by atoms with E-state index < -0.39 is 30.7 Å². The van der Waals surface area contributed by atoms with Crippen molar-refractivity contribution >= 4 is 0 Å². The Kier molecular flexibility index (Phi) is 6.24. The van der Waals surface area contributed by atoms with Crippen LogP contribution in [-0.2, 0) is 4.74 Å². The summed E-state index contributed by atoms with van der Waals surface area (Å²) in [5.74, 6) is -1.27. The van der Waals surface area contributed by atoms with E-state index in [9.17, 15) is 17.6 Å². The van der Waals surface area contributed by atoms with Gasteiger partial charge in [0.25, 0.3) is 6.43 Å². The highest BCUT2D eigenvalue weighted by molar-refractivity contribution is 5.29. The summed E-state index contributed by atoms with van der Waals surface area (Å²) in [5, 5.41) is 2.77. The molecule has 2 nitrogen and oxygen atoms in total. The largest absolute Gasteiger partial charge is 0.375 e. The van der Waals surface area contributed by atoms with Crippen LogP contribution in [0.25, 0.3) is 0 Å². The molecular formula is C13H17F4NO. The van der Waals surface area contributed by atoms with Crippen LogP contribution in [0, 0.1) is 18.6 Å². The zero-order valence-corrected chi connectivity index (χ0v) is 10.9. The van der Waals surface area contributed by atoms with Gasteiger partial charge < -0.3 is 10.1 Å². The predicted octanol–water partition coefficient (Wildman–Crippen LogP) is 3.21. The lowest BCUT2D eigenvalue weighted by atomic mass is 10.0. The lowest BCUT2D eigenvalue weighted by Crippen LogP contribution is -2.22. The van der Waals surface area contributed by atoms with Gasteiger partial charge in [-0.2, -0.15) is 0 Å². The summed E-state index contributed by atoms with van der Waals surface area (Å²) in [5.41, 5.74) is 0.258. The molecule has 6 heteroatoms. The Hall–Kier alpha value is -1.14. The monoisotopic (exact) mass is 279 g/mol. The van der Waals surface area contributed by atoms with Crippen molar-refractivity contribution in [3.8, 4) is 0 Å². The van der Waals surface area contributed by atoms with Crippen molar-refractivity contribution in [3.05, 3.63) is 34.9 Å². The maximum Gasteiger partial charge on any atom is 0.261 e. The van der Waals surface area contributed by atoms with Crippen LogP contribution in [0.2, 0.25) is 0 Å². The SMILES string of the molecule is CNC(CCOCC(F)F)c1c(F)ccc(C)c1F. The van der Waals surface area contributed by atoms with Gasteiger partial charge in [0, 0.05) is 18.2 Å². The summed E-state index contributed by atoms with van der Waals surface area (Å²) in [6, 6.07) is 1.93. The van der Waals surface area contributed by atoms with Crippen LogP contribution in [0.3, 0.4) is 0 Å². The first-order chi connectivity index (χ1) is 8.97. The first-order valence-electron chi connectivity index (χ1n) is 5.95. The Morgan fingerprint density at radius 1 is 1.26 bits per heavy atom. The molecule has 1 N–H and O–H groups in total. The van der Waals surface area contributed by atoms with Crippen LogP contribution in [0.5, 0.6) is 0 Å². The van der Waals surface area contributed by atoms with Gasteiger partial charge in [-0.3, -0.25) is 0 Å². The molecule has 0 aliphatic rings. The predicted molar refractivity (Wildman–Crippen MR) is 64.3 cm³/mol. The van der Waals surface area contributed by atoms with Crippen molar-refractivity contribution in [2.45, 2.75) is 25.8 Å². The van der Waals surface area contributed by atoms with Gasteiger partial charge in [-0.1, -0.05) is 6.07 Å². The maximum atomic E-state index is 13.9. The highest BCUT2D eigenvalue weighted by atomic mass is 19.3. The normalized spacial score (nSPS) is 13.0. The van der Waals surface area contributed by atoms with Gasteiger partial charge in [0.05, 0.1) is 0 Å². The zero-order valence-electron chi connectivity index (χ0n) is 10.9. The van der Waals surface area contributed by atoms with Crippen LogP contribution in [0.4, 0.5) is 17.6 Å². The molecule has 0 aliphatic heterocycles. The summed E-state index contributed by atoms with van der Waals surface area (Å²) >= 11 is 0.